The fraction of sp³-hybridized carbons (Fsp3) is 0.727. The van der Waals surface area contributed by atoms with Crippen molar-refractivity contribution in [1.82, 2.24) is 5.06 Å². The minimum atomic E-state index is -0.747. The van der Waals surface area contributed by atoms with Gasteiger partial charge in [0.25, 0.3) is 0 Å². The molecule has 0 heterocycles. The fourth-order valence-electron chi connectivity index (χ4n) is 1.53. The highest BCUT2D eigenvalue weighted by atomic mass is 16.6. The number of hydrogen-bond acceptors (Lipinski definition) is 4. The molecule has 0 aromatic carbocycles. The van der Waals surface area contributed by atoms with Gasteiger partial charge in [-0.2, -0.15) is 5.06 Å². The van der Waals surface area contributed by atoms with E-state index in [0.29, 0.717) is 11.5 Å². The molecule has 92 valence electrons. The van der Waals surface area contributed by atoms with Crippen molar-refractivity contribution in [2.24, 2.45) is 0 Å². The molecule has 0 radical (unpaired) electrons. The molecule has 0 unspecified atom stereocenters. The van der Waals surface area contributed by atoms with Crippen molar-refractivity contribution in [3.05, 3.63) is 12.2 Å². The number of carbonyl (C=O) groups is 1. The predicted molar refractivity (Wildman–Crippen MR) is 58.2 cm³/mol. The molecule has 5 nitrogen and oxygen atoms in total. The minimum Gasteiger partial charge on any atom is -0.442 e. The van der Waals surface area contributed by atoms with Crippen LogP contribution in [0.25, 0.3) is 0 Å². The smallest absolute Gasteiger partial charge is 0.434 e. The van der Waals surface area contributed by atoms with Crippen LogP contribution in [0.15, 0.2) is 12.2 Å². The summed E-state index contributed by atoms with van der Waals surface area (Å²) in [5.74, 6) is 0. The SMILES string of the molecule is CO[C@@H]1C=CC[C@H]1N(O)C(=O)OC(C)(C)C. The molecule has 1 aliphatic carbocycles. The van der Waals surface area contributed by atoms with Crippen molar-refractivity contribution >= 4 is 6.09 Å². The number of rotatable bonds is 2. The van der Waals surface area contributed by atoms with Crippen LogP contribution in [-0.4, -0.2) is 41.2 Å². The normalized spacial score (nSPS) is 24.6. The average Bonchev–Trinajstić information content (AvgIpc) is 2.61. The summed E-state index contributed by atoms with van der Waals surface area (Å²) in [6.07, 6.45) is 3.22. The van der Waals surface area contributed by atoms with E-state index in [1.807, 2.05) is 12.2 Å². The van der Waals surface area contributed by atoms with Gasteiger partial charge in [-0.1, -0.05) is 12.2 Å². The third kappa shape index (κ3) is 3.21. The lowest BCUT2D eigenvalue weighted by Gasteiger charge is -2.29. The van der Waals surface area contributed by atoms with Crippen molar-refractivity contribution in [3.8, 4) is 0 Å². The second-order valence-electron chi connectivity index (χ2n) is 4.76. The Morgan fingerprint density at radius 2 is 2.12 bits per heavy atom. The highest BCUT2D eigenvalue weighted by Crippen LogP contribution is 2.20. The molecule has 0 bridgehead atoms. The summed E-state index contributed by atoms with van der Waals surface area (Å²) in [5.41, 5.74) is -0.618. The molecule has 1 aliphatic rings. The third-order valence-corrected chi connectivity index (χ3v) is 2.25. The number of carbonyl (C=O) groups excluding carboxylic acids is 1. The Hall–Kier alpha value is -1.07. The Kier molecular flexibility index (Phi) is 3.93. The standard InChI is InChI=1S/C11H19NO4/c1-11(2,3)16-10(13)12(14)8-6-5-7-9(8)15-4/h5,7-9,14H,6H2,1-4H3/t8-,9-/m1/s1. The predicted octanol–water partition coefficient (Wildman–Crippen LogP) is 1.96. The largest absolute Gasteiger partial charge is 0.442 e. The van der Waals surface area contributed by atoms with E-state index in [1.165, 1.54) is 7.11 Å². The van der Waals surface area contributed by atoms with E-state index in [0.717, 1.165) is 0 Å². The van der Waals surface area contributed by atoms with Crippen LogP contribution < -0.4 is 0 Å². The number of amides is 1. The maximum Gasteiger partial charge on any atom is 0.434 e. The van der Waals surface area contributed by atoms with Gasteiger partial charge in [0, 0.05) is 7.11 Å². The zero-order chi connectivity index (χ0) is 12.3. The zero-order valence-corrected chi connectivity index (χ0v) is 10.1. The lowest BCUT2D eigenvalue weighted by molar-refractivity contribution is -0.137. The van der Waals surface area contributed by atoms with Gasteiger partial charge in [-0.3, -0.25) is 5.21 Å². The molecule has 5 heteroatoms. The first-order chi connectivity index (χ1) is 7.35. The number of ether oxygens (including phenoxy) is 2. The van der Waals surface area contributed by atoms with Crippen molar-refractivity contribution in [2.45, 2.75) is 44.9 Å². The van der Waals surface area contributed by atoms with E-state index < -0.39 is 17.7 Å². The highest BCUT2D eigenvalue weighted by Gasteiger charge is 2.33. The summed E-state index contributed by atoms with van der Waals surface area (Å²) in [6.45, 7) is 5.25. The van der Waals surface area contributed by atoms with Crippen LogP contribution in [0.5, 0.6) is 0 Å². The van der Waals surface area contributed by atoms with Gasteiger partial charge in [0.15, 0.2) is 0 Å². The van der Waals surface area contributed by atoms with Gasteiger partial charge in [0.2, 0.25) is 0 Å². The van der Waals surface area contributed by atoms with Crippen LogP contribution in [0, 0.1) is 0 Å². The Bertz CT molecular complexity index is 282. The van der Waals surface area contributed by atoms with Gasteiger partial charge < -0.3 is 9.47 Å². The topological polar surface area (TPSA) is 59.0 Å². The van der Waals surface area contributed by atoms with E-state index in [2.05, 4.69) is 0 Å². The molecular weight excluding hydrogens is 210 g/mol. The number of methoxy groups -OCH3 is 1. The van der Waals surface area contributed by atoms with Gasteiger partial charge in [-0.25, -0.2) is 4.79 Å². The molecule has 0 aliphatic heterocycles. The van der Waals surface area contributed by atoms with Crippen LogP contribution >= 0.6 is 0 Å². The van der Waals surface area contributed by atoms with Crippen LogP contribution in [0.4, 0.5) is 4.79 Å². The summed E-state index contributed by atoms with van der Waals surface area (Å²) in [5, 5.41) is 10.3. The summed E-state index contributed by atoms with van der Waals surface area (Å²) in [7, 11) is 1.54. The van der Waals surface area contributed by atoms with Gasteiger partial charge in [-0.15, -0.1) is 0 Å². The molecular formula is C11H19NO4. The molecule has 0 spiro atoms. The van der Waals surface area contributed by atoms with Gasteiger partial charge in [0.1, 0.15) is 5.60 Å². The van der Waals surface area contributed by atoms with Crippen LogP contribution in [0.2, 0.25) is 0 Å². The van der Waals surface area contributed by atoms with Crippen molar-refractivity contribution in [3.63, 3.8) is 0 Å². The van der Waals surface area contributed by atoms with E-state index in [4.69, 9.17) is 9.47 Å². The highest BCUT2D eigenvalue weighted by molar-refractivity contribution is 5.67. The molecule has 1 N–H and O–H groups in total. The molecule has 0 aromatic heterocycles. The van der Waals surface area contributed by atoms with Gasteiger partial charge in [-0.05, 0) is 27.2 Å². The summed E-state index contributed by atoms with van der Waals surface area (Å²) >= 11 is 0. The third-order valence-electron chi connectivity index (χ3n) is 2.25. The molecule has 0 aromatic rings. The zero-order valence-electron chi connectivity index (χ0n) is 10.1. The second-order valence-corrected chi connectivity index (χ2v) is 4.76. The maximum absolute atomic E-state index is 11.6. The summed E-state index contributed by atoms with van der Waals surface area (Å²) in [4.78, 5) is 11.6. The van der Waals surface area contributed by atoms with Gasteiger partial charge >= 0.3 is 6.09 Å². The lowest BCUT2D eigenvalue weighted by atomic mass is 10.2. The summed E-state index contributed by atoms with van der Waals surface area (Å²) in [6, 6.07) is -0.403. The molecule has 2 atom stereocenters. The first-order valence-electron chi connectivity index (χ1n) is 5.25. The average molecular weight is 229 g/mol. The number of nitrogens with zero attached hydrogens (tertiary/aromatic N) is 1. The van der Waals surface area contributed by atoms with Crippen molar-refractivity contribution < 1.29 is 19.5 Å². The Labute approximate surface area is 95.6 Å². The Balaban J connectivity index is 2.57. The van der Waals surface area contributed by atoms with Crippen molar-refractivity contribution in [2.75, 3.05) is 7.11 Å². The summed E-state index contributed by atoms with van der Waals surface area (Å²) < 4.78 is 10.2. The number of hydroxylamine groups is 2. The first-order valence-corrected chi connectivity index (χ1v) is 5.25. The molecule has 1 amide bonds. The molecule has 16 heavy (non-hydrogen) atoms. The van der Waals surface area contributed by atoms with Crippen LogP contribution in [-0.2, 0) is 9.47 Å². The van der Waals surface area contributed by atoms with Crippen LogP contribution in [0.1, 0.15) is 27.2 Å². The van der Waals surface area contributed by atoms with Crippen LogP contribution in [0.3, 0.4) is 0 Å². The Morgan fingerprint density at radius 3 is 2.62 bits per heavy atom. The second kappa shape index (κ2) is 4.84. The maximum atomic E-state index is 11.6. The van der Waals surface area contributed by atoms with E-state index in [9.17, 15) is 10.0 Å². The minimum absolute atomic E-state index is 0.280. The molecule has 0 fully saturated rings. The first kappa shape index (κ1) is 13.0. The van der Waals surface area contributed by atoms with E-state index >= 15 is 0 Å². The monoisotopic (exact) mass is 229 g/mol. The number of hydrogen-bond donors (Lipinski definition) is 1. The quantitative estimate of drug-likeness (QED) is 0.446. The van der Waals surface area contributed by atoms with E-state index in [-0.39, 0.29) is 6.10 Å². The Morgan fingerprint density at radius 1 is 1.50 bits per heavy atom. The van der Waals surface area contributed by atoms with E-state index in [1.54, 1.807) is 20.8 Å². The van der Waals surface area contributed by atoms with Gasteiger partial charge in [0.05, 0.1) is 12.1 Å². The van der Waals surface area contributed by atoms with Crippen molar-refractivity contribution in [1.29, 1.82) is 0 Å². The lowest BCUT2D eigenvalue weighted by Crippen LogP contribution is -2.45. The molecule has 0 saturated heterocycles. The fourth-order valence-corrected chi connectivity index (χ4v) is 1.53. The molecule has 1 rings (SSSR count). The molecule has 0 saturated carbocycles.